The van der Waals surface area contributed by atoms with Crippen LogP contribution in [-0.2, 0) is 4.79 Å². The lowest BCUT2D eigenvalue weighted by Crippen LogP contribution is -2.34. The van der Waals surface area contributed by atoms with Gasteiger partial charge < -0.3 is 4.74 Å². The molecule has 1 aromatic heterocycles. The highest BCUT2D eigenvalue weighted by Gasteiger charge is 2.16. The number of thiophene rings is 1. The van der Waals surface area contributed by atoms with Gasteiger partial charge in [-0.1, -0.05) is 23.2 Å². The van der Waals surface area contributed by atoms with Gasteiger partial charge in [-0.2, -0.15) is 5.10 Å². The third-order valence-corrected chi connectivity index (χ3v) is 5.09. The highest BCUT2D eigenvalue weighted by molar-refractivity contribution is 9.11. The van der Waals surface area contributed by atoms with E-state index in [1.165, 1.54) is 11.3 Å². The number of benzene rings is 1. The molecule has 4 nitrogen and oxygen atoms in total. The molecule has 0 spiro atoms. The van der Waals surface area contributed by atoms with Gasteiger partial charge in [0.25, 0.3) is 5.91 Å². The fraction of sp³-hybridized carbons (Fsp3) is 0.200. The molecule has 0 bridgehead atoms. The second-order valence-electron chi connectivity index (χ2n) is 4.61. The van der Waals surface area contributed by atoms with Crippen molar-refractivity contribution in [3.05, 3.63) is 49.0 Å². The second-order valence-corrected chi connectivity index (χ2v) is 7.92. The van der Waals surface area contributed by atoms with Crippen LogP contribution in [0.25, 0.3) is 0 Å². The number of rotatable bonds is 5. The van der Waals surface area contributed by atoms with E-state index in [4.69, 9.17) is 27.9 Å². The molecule has 0 aliphatic heterocycles. The minimum Gasteiger partial charge on any atom is -0.479 e. The number of ether oxygens (including phenoxy) is 1. The summed E-state index contributed by atoms with van der Waals surface area (Å²) in [7, 11) is 0. The summed E-state index contributed by atoms with van der Waals surface area (Å²) in [6.45, 7) is 3.44. The van der Waals surface area contributed by atoms with Gasteiger partial charge in [0.05, 0.1) is 19.4 Å². The lowest BCUT2D eigenvalue weighted by atomic mass is 10.3. The zero-order valence-electron chi connectivity index (χ0n) is 12.3. The zero-order valence-corrected chi connectivity index (χ0v) is 16.2. The topological polar surface area (TPSA) is 50.7 Å². The largest absolute Gasteiger partial charge is 0.479 e. The Morgan fingerprint density at radius 2 is 2.09 bits per heavy atom. The van der Waals surface area contributed by atoms with Crippen molar-refractivity contribution in [3.63, 3.8) is 0 Å². The molecular formula is C15H13BrCl2N2O2S. The zero-order chi connectivity index (χ0) is 17.0. The van der Waals surface area contributed by atoms with Gasteiger partial charge in [0.2, 0.25) is 0 Å². The predicted octanol–water partition coefficient (Wildman–Crippen LogP) is 5.13. The molecule has 1 unspecified atom stereocenters. The molecule has 8 heteroatoms. The summed E-state index contributed by atoms with van der Waals surface area (Å²) in [6.07, 6.45) is -0.750. The lowest BCUT2D eigenvalue weighted by Gasteiger charge is -2.14. The Hall–Kier alpha value is -1.08. The third-order valence-electron chi connectivity index (χ3n) is 2.83. The van der Waals surface area contributed by atoms with Gasteiger partial charge in [0, 0.05) is 5.02 Å². The van der Waals surface area contributed by atoms with Gasteiger partial charge in [-0.05, 0) is 60.1 Å². The van der Waals surface area contributed by atoms with Crippen LogP contribution < -0.4 is 10.2 Å². The lowest BCUT2D eigenvalue weighted by molar-refractivity contribution is -0.127. The Morgan fingerprint density at radius 1 is 1.35 bits per heavy atom. The average Bonchev–Trinajstić information content (AvgIpc) is 2.93. The number of halogens is 3. The molecule has 0 fully saturated rings. The van der Waals surface area contributed by atoms with E-state index in [0.717, 1.165) is 8.66 Å². The van der Waals surface area contributed by atoms with Gasteiger partial charge in [-0.15, -0.1) is 11.3 Å². The van der Waals surface area contributed by atoms with E-state index in [0.29, 0.717) is 21.5 Å². The van der Waals surface area contributed by atoms with Crippen LogP contribution in [-0.4, -0.2) is 17.7 Å². The first-order valence-corrected chi connectivity index (χ1v) is 8.95. The van der Waals surface area contributed by atoms with Gasteiger partial charge in [0.15, 0.2) is 6.10 Å². The van der Waals surface area contributed by atoms with Crippen LogP contribution in [0, 0.1) is 0 Å². The fourth-order valence-electron chi connectivity index (χ4n) is 1.61. The molecular weight excluding hydrogens is 423 g/mol. The average molecular weight is 436 g/mol. The first kappa shape index (κ1) is 18.3. The highest BCUT2D eigenvalue weighted by Crippen LogP contribution is 2.28. The number of nitrogens with zero attached hydrogens (tertiary/aromatic N) is 1. The van der Waals surface area contributed by atoms with Crippen molar-refractivity contribution in [1.82, 2.24) is 5.43 Å². The van der Waals surface area contributed by atoms with E-state index < -0.39 is 6.10 Å². The molecule has 1 aromatic carbocycles. The van der Waals surface area contributed by atoms with Crippen molar-refractivity contribution in [3.8, 4) is 5.75 Å². The van der Waals surface area contributed by atoms with Crippen molar-refractivity contribution < 1.29 is 9.53 Å². The van der Waals surface area contributed by atoms with E-state index in [-0.39, 0.29) is 5.91 Å². The molecule has 0 aliphatic rings. The quantitative estimate of drug-likeness (QED) is 0.523. The molecule has 122 valence electrons. The van der Waals surface area contributed by atoms with Crippen LogP contribution in [0.4, 0.5) is 0 Å². The normalized spacial score (nSPS) is 12.8. The molecule has 2 aromatic rings. The fourth-order valence-corrected chi connectivity index (χ4v) is 3.39. The molecule has 1 N–H and O–H groups in total. The van der Waals surface area contributed by atoms with Crippen molar-refractivity contribution in [1.29, 1.82) is 0 Å². The summed E-state index contributed by atoms with van der Waals surface area (Å²) in [6, 6.07) is 8.67. The Labute approximate surface area is 156 Å². The maximum Gasteiger partial charge on any atom is 0.280 e. The predicted molar refractivity (Wildman–Crippen MR) is 98.9 cm³/mol. The molecule has 0 saturated carbocycles. The Balaban J connectivity index is 1.97. The second kappa shape index (κ2) is 8.15. The van der Waals surface area contributed by atoms with E-state index in [1.807, 2.05) is 19.1 Å². The summed E-state index contributed by atoms with van der Waals surface area (Å²) in [5, 5.41) is 4.93. The molecule has 1 heterocycles. The number of hydrazone groups is 1. The summed E-state index contributed by atoms with van der Waals surface area (Å²) in [5.41, 5.74) is 3.20. The van der Waals surface area contributed by atoms with Crippen molar-refractivity contribution in [2.45, 2.75) is 20.0 Å². The number of amides is 1. The summed E-state index contributed by atoms with van der Waals surface area (Å²) in [4.78, 5) is 13.0. The molecule has 0 aliphatic carbocycles. The van der Waals surface area contributed by atoms with Gasteiger partial charge in [0.1, 0.15) is 5.75 Å². The third kappa shape index (κ3) is 5.21. The number of hydrogen-bond acceptors (Lipinski definition) is 4. The van der Waals surface area contributed by atoms with Crippen LogP contribution in [0.2, 0.25) is 10.0 Å². The first-order valence-electron chi connectivity index (χ1n) is 6.58. The first-order chi connectivity index (χ1) is 10.9. The maximum absolute atomic E-state index is 12.0. The van der Waals surface area contributed by atoms with E-state index >= 15 is 0 Å². The number of nitrogens with one attached hydrogen (secondary N) is 1. The van der Waals surface area contributed by atoms with Crippen molar-refractivity contribution in [2.75, 3.05) is 0 Å². The number of hydrogen-bond donors (Lipinski definition) is 1. The number of carbonyl (C=O) groups excluding carboxylic acids is 1. The minimum absolute atomic E-state index is 0.347. The molecule has 0 saturated heterocycles. The van der Waals surface area contributed by atoms with Crippen LogP contribution in [0.5, 0.6) is 5.75 Å². The Morgan fingerprint density at radius 3 is 2.70 bits per heavy atom. The smallest absolute Gasteiger partial charge is 0.280 e. The SMILES string of the molecule is CC(=NNC(=O)C(C)Oc1ccc(Cl)cc1Cl)c1ccc(Br)s1. The van der Waals surface area contributed by atoms with Crippen molar-refractivity contribution >= 4 is 62.1 Å². The maximum atomic E-state index is 12.0. The summed E-state index contributed by atoms with van der Waals surface area (Å²) >= 11 is 16.8. The molecule has 1 amide bonds. The number of carbonyl (C=O) groups is 1. The van der Waals surface area contributed by atoms with Gasteiger partial charge in [-0.3, -0.25) is 4.79 Å². The van der Waals surface area contributed by atoms with Gasteiger partial charge >= 0.3 is 0 Å². The van der Waals surface area contributed by atoms with Crippen LogP contribution in [0.15, 0.2) is 39.2 Å². The molecule has 1 atom stereocenters. The van der Waals surface area contributed by atoms with E-state index in [1.54, 1.807) is 25.1 Å². The Kier molecular flexibility index (Phi) is 6.47. The summed E-state index contributed by atoms with van der Waals surface area (Å²) in [5.74, 6) is 0.0209. The van der Waals surface area contributed by atoms with Crippen LogP contribution in [0.3, 0.4) is 0 Å². The molecule has 0 radical (unpaired) electrons. The standard InChI is InChI=1S/C15H13BrCl2N2O2S/c1-8(13-5-6-14(16)23-13)19-20-15(21)9(2)22-12-4-3-10(17)7-11(12)18/h3-7,9H,1-2H3,(H,20,21). The monoisotopic (exact) mass is 434 g/mol. The van der Waals surface area contributed by atoms with Crippen LogP contribution in [0.1, 0.15) is 18.7 Å². The van der Waals surface area contributed by atoms with E-state index in [2.05, 4.69) is 26.5 Å². The molecule has 2 rings (SSSR count). The minimum atomic E-state index is -0.750. The Bertz CT molecular complexity index is 749. The molecule has 23 heavy (non-hydrogen) atoms. The highest BCUT2D eigenvalue weighted by atomic mass is 79.9. The van der Waals surface area contributed by atoms with Gasteiger partial charge in [-0.25, -0.2) is 5.43 Å². The van der Waals surface area contributed by atoms with Crippen molar-refractivity contribution in [2.24, 2.45) is 5.10 Å². The summed E-state index contributed by atoms with van der Waals surface area (Å²) < 4.78 is 6.53. The van der Waals surface area contributed by atoms with E-state index in [9.17, 15) is 4.79 Å². The van der Waals surface area contributed by atoms with Crippen LogP contribution >= 0.6 is 50.5 Å².